The lowest BCUT2D eigenvalue weighted by Gasteiger charge is -2.38. The third kappa shape index (κ3) is 10.7. The maximum atomic E-state index is 11.1. The fourth-order valence-corrected chi connectivity index (χ4v) is 3.67. The molecule has 0 spiro atoms. The Labute approximate surface area is 165 Å². The highest BCUT2D eigenvalue weighted by Gasteiger charge is 2.33. The van der Waals surface area contributed by atoms with Gasteiger partial charge in [-0.25, -0.2) is 0 Å². The Balaban J connectivity index is 2.16. The van der Waals surface area contributed by atoms with Crippen molar-refractivity contribution in [2.75, 3.05) is 7.11 Å². The summed E-state index contributed by atoms with van der Waals surface area (Å²) in [6.45, 7) is 2.22. The van der Waals surface area contributed by atoms with Crippen molar-refractivity contribution in [2.45, 2.75) is 96.2 Å². The molecule has 0 amide bonds. The fraction of sp³-hybridized carbons (Fsp3) is 0.783. The molecule has 4 nitrogen and oxygen atoms in total. The number of hydrogen-bond acceptors (Lipinski definition) is 4. The quantitative estimate of drug-likeness (QED) is 0.240. The average molecular weight is 381 g/mol. The van der Waals surface area contributed by atoms with Gasteiger partial charge in [0.25, 0.3) is 0 Å². The third-order valence-corrected chi connectivity index (χ3v) is 5.64. The van der Waals surface area contributed by atoms with Crippen molar-refractivity contribution in [3.05, 3.63) is 24.3 Å². The van der Waals surface area contributed by atoms with Crippen LogP contribution in [0.25, 0.3) is 0 Å². The number of hydrogen-bond donors (Lipinski definition) is 2. The number of esters is 1. The van der Waals surface area contributed by atoms with Gasteiger partial charge in [-0.15, -0.1) is 0 Å². The first-order valence-corrected chi connectivity index (χ1v) is 10.9. The van der Waals surface area contributed by atoms with Gasteiger partial charge in [-0.3, -0.25) is 4.79 Å². The van der Waals surface area contributed by atoms with Crippen molar-refractivity contribution >= 4 is 5.97 Å². The van der Waals surface area contributed by atoms with Crippen LogP contribution in [0, 0.1) is 11.8 Å². The van der Waals surface area contributed by atoms with Crippen molar-refractivity contribution in [1.29, 1.82) is 0 Å². The van der Waals surface area contributed by atoms with E-state index >= 15 is 0 Å². The summed E-state index contributed by atoms with van der Waals surface area (Å²) in [5, 5.41) is 20.3. The molecule has 0 saturated heterocycles. The van der Waals surface area contributed by atoms with Crippen LogP contribution in [0.4, 0.5) is 0 Å². The summed E-state index contributed by atoms with van der Waals surface area (Å²) < 4.78 is 4.63. The SMILES string of the molecule is CCCCCCCCC(O)/C=C/C=C/C1CCC1C(O)CCCC(=O)OC. The fourth-order valence-electron chi connectivity index (χ4n) is 3.67. The number of carbonyl (C=O) groups is 1. The third-order valence-electron chi connectivity index (χ3n) is 5.64. The summed E-state index contributed by atoms with van der Waals surface area (Å²) in [7, 11) is 1.39. The van der Waals surface area contributed by atoms with Gasteiger partial charge < -0.3 is 14.9 Å². The van der Waals surface area contributed by atoms with E-state index in [-0.39, 0.29) is 18.2 Å². The van der Waals surface area contributed by atoms with Gasteiger partial charge in [-0.05, 0) is 43.9 Å². The van der Waals surface area contributed by atoms with E-state index in [9.17, 15) is 15.0 Å². The van der Waals surface area contributed by atoms with Crippen LogP contribution in [0.2, 0.25) is 0 Å². The molecule has 1 fully saturated rings. The molecule has 1 aliphatic rings. The van der Waals surface area contributed by atoms with Crippen LogP contribution in [0.15, 0.2) is 24.3 Å². The Morgan fingerprint density at radius 1 is 1.04 bits per heavy atom. The van der Waals surface area contributed by atoms with Gasteiger partial charge in [0.1, 0.15) is 0 Å². The second-order valence-electron chi connectivity index (χ2n) is 7.83. The number of methoxy groups -OCH3 is 1. The molecule has 0 aromatic heterocycles. The minimum atomic E-state index is -0.359. The highest BCUT2D eigenvalue weighted by Crippen LogP contribution is 2.39. The Kier molecular flexibility index (Phi) is 13.2. The highest BCUT2D eigenvalue weighted by molar-refractivity contribution is 5.68. The van der Waals surface area contributed by atoms with E-state index in [2.05, 4.69) is 17.7 Å². The van der Waals surface area contributed by atoms with Gasteiger partial charge in [0.05, 0.1) is 19.3 Å². The van der Waals surface area contributed by atoms with E-state index in [1.54, 1.807) is 0 Å². The number of allylic oxidation sites excluding steroid dienone is 3. The Bertz CT molecular complexity index is 444. The van der Waals surface area contributed by atoms with Crippen LogP contribution in [-0.2, 0) is 9.53 Å². The van der Waals surface area contributed by atoms with Crippen molar-refractivity contribution < 1.29 is 19.7 Å². The average Bonchev–Trinajstić information content (AvgIpc) is 2.63. The summed E-state index contributed by atoms with van der Waals surface area (Å²) >= 11 is 0. The van der Waals surface area contributed by atoms with Crippen molar-refractivity contribution in [3.8, 4) is 0 Å². The molecule has 0 heterocycles. The van der Waals surface area contributed by atoms with Gasteiger partial charge in [0.15, 0.2) is 0 Å². The standard InChI is InChI=1S/C23H40O4/c1-3-4-5-6-7-8-13-20(24)14-10-9-12-19-17-18-21(19)22(25)15-11-16-23(26)27-2/h9-10,12,14,19-22,24-25H,3-8,11,13,15-18H2,1-2H3/b12-9+,14-10+. The molecule has 4 atom stereocenters. The second kappa shape index (κ2) is 14.9. The van der Waals surface area contributed by atoms with Crippen LogP contribution in [-0.4, -0.2) is 35.5 Å². The van der Waals surface area contributed by atoms with Gasteiger partial charge in [0.2, 0.25) is 0 Å². The molecule has 1 saturated carbocycles. The number of aliphatic hydroxyl groups is 2. The molecule has 4 heteroatoms. The molecular formula is C23H40O4. The Hall–Kier alpha value is -1.13. The van der Waals surface area contributed by atoms with E-state index in [0.717, 1.165) is 25.7 Å². The van der Waals surface area contributed by atoms with Crippen molar-refractivity contribution in [3.63, 3.8) is 0 Å². The zero-order chi connectivity index (χ0) is 19.9. The van der Waals surface area contributed by atoms with E-state index in [1.165, 1.54) is 39.2 Å². The van der Waals surface area contributed by atoms with Gasteiger partial charge >= 0.3 is 5.97 Å². The van der Waals surface area contributed by atoms with E-state index < -0.39 is 0 Å². The lowest BCUT2D eigenvalue weighted by Crippen LogP contribution is -2.35. The molecule has 0 aromatic carbocycles. The van der Waals surface area contributed by atoms with Crippen LogP contribution in [0.1, 0.15) is 84.0 Å². The Morgan fingerprint density at radius 3 is 2.44 bits per heavy atom. The molecule has 1 rings (SSSR count). The second-order valence-corrected chi connectivity index (χ2v) is 7.83. The summed E-state index contributed by atoms with van der Waals surface area (Å²) in [4.78, 5) is 11.1. The lowest BCUT2D eigenvalue weighted by atomic mass is 9.69. The molecule has 27 heavy (non-hydrogen) atoms. The first-order valence-electron chi connectivity index (χ1n) is 10.9. The predicted molar refractivity (Wildman–Crippen MR) is 110 cm³/mol. The van der Waals surface area contributed by atoms with Crippen molar-refractivity contribution in [2.24, 2.45) is 11.8 Å². The first-order chi connectivity index (χ1) is 13.1. The molecule has 156 valence electrons. The summed E-state index contributed by atoms with van der Waals surface area (Å²) in [6, 6.07) is 0. The minimum absolute atomic E-state index is 0.211. The monoisotopic (exact) mass is 380 g/mol. The van der Waals surface area contributed by atoms with E-state index in [0.29, 0.717) is 31.1 Å². The lowest BCUT2D eigenvalue weighted by molar-refractivity contribution is -0.140. The summed E-state index contributed by atoms with van der Waals surface area (Å²) in [6.07, 6.45) is 19.4. The number of aliphatic hydroxyl groups excluding tert-OH is 2. The number of unbranched alkanes of at least 4 members (excludes halogenated alkanes) is 5. The number of carbonyl (C=O) groups excluding carboxylic acids is 1. The zero-order valence-electron chi connectivity index (χ0n) is 17.3. The topological polar surface area (TPSA) is 66.8 Å². The maximum Gasteiger partial charge on any atom is 0.305 e. The Morgan fingerprint density at radius 2 is 1.78 bits per heavy atom. The van der Waals surface area contributed by atoms with Crippen LogP contribution >= 0.6 is 0 Å². The number of rotatable bonds is 15. The summed E-state index contributed by atoms with van der Waals surface area (Å²) in [5.41, 5.74) is 0. The van der Waals surface area contributed by atoms with Gasteiger partial charge in [-0.1, -0.05) is 69.8 Å². The molecule has 0 aromatic rings. The van der Waals surface area contributed by atoms with Gasteiger partial charge in [0, 0.05) is 6.42 Å². The van der Waals surface area contributed by atoms with E-state index in [1.807, 2.05) is 18.2 Å². The molecular weight excluding hydrogens is 340 g/mol. The van der Waals surface area contributed by atoms with Crippen LogP contribution in [0.3, 0.4) is 0 Å². The van der Waals surface area contributed by atoms with Crippen LogP contribution < -0.4 is 0 Å². The predicted octanol–water partition coefficient (Wildman–Crippen LogP) is 4.94. The first kappa shape index (κ1) is 23.9. The molecule has 2 N–H and O–H groups in total. The largest absolute Gasteiger partial charge is 0.469 e. The van der Waals surface area contributed by atoms with Crippen molar-refractivity contribution in [1.82, 2.24) is 0 Å². The maximum absolute atomic E-state index is 11.1. The smallest absolute Gasteiger partial charge is 0.305 e. The molecule has 4 unspecified atom stereocenters. The molecule has 0 aliphatic heterocycles. The van der Waals surface area contributed by atoms with Gasteiger partial charge in [-0.2, -0.15) is 0 Å². The number of ether oxygens (including phenoxy) is 1. The molecule has 0 bridgehead atoms. The molecule has 1 aliphatic carbocycles. The highest BCUT2D eigenvalue weighted by atomic mass is 16.5. The van der Waals surface area contributed by atoms with E-state index in [4.69, 9.17) is 0 Å². The van der Waals surface area contributed by atoms with Crippen LogP contribution in [0.5, 0.6) is 0 Å². The zero-order valence-corrected chi connectivity index (χ0v) is 17.3. The summed E-state index contributed by atoms with van der Waals surface area (Å²) in [5.74, 6) is 0.482. The normalized spacial score (nSPS) is 22.1. The molecule has 0 radical (unpaired) electrons. The minimum Gasteiger partial charge on any atom is -0.469 e.